The van der Waals surface area contributed by atoms with Gasteiger partial charge in [-0.3, -0.25) is 29.1 Å². The minimum atomic E-state index is -3.05. The van der Waals surface area contributed by atoms with Crippen molar-refractivity contribution in [3.63, 3.8) is 0 Å². The van der Waals surface area contributed by atoms with E-state index in [9.17, 15) is 27.9 Å². The molecular formula is C28H24ClF3N8O3. The maximum absolute atomic E-state index is 14.8. The van der Waals surface area contributed by atoms with Gasteiger partial charge in [-0.15, -0.1) is 0 Å². The number of aliphatic hydroxyl groups excluding tert-OH is 1. The lowest BCUT2D eigenvalue weighted by molar-refractivity contribution is -0.118. The molecule has 11 nitrogen and oxygen atoms in total. The summed E-state index contributed by atoms with van der Waals surface area (Å²) in [6.45, 7) is 3.59. The number of carbonyl (C=O) groups excluding carboxylic acids is 2. The Morgan fingerprint density at radius 3 is 2.67 bits per heavy atom. The molecule has 1 saturated carbocycles. The van der Waals surface area contributed by atoms with E-state index in [1.165, 1.54) is 12.4 Å². The summed E-state index contributed by atoms with van der Waals surface area (Å²) in [6.07, 6.45) is 3.37. The van der Waals surface area contributed by atoms with Crippen molar-refractivity contribution in [3.05, 3.63) is 76.1 Å². The molecule has 3 atom stereocenters. The van der Waals surface area contributed by atoms with Gasteiger partial charge < -0.3 is 10.4 Å². The summed E-state index contributed by atoms with van der Waals surface area (Å²) < 4.78 is 43.6. The topological polar surface area (TPSA) is 139 Å². The number of alkyl halides is 2. The number of fused-ring (bicyclic) bond motifs is 1. The molecule has 4 aromatic rings. The van der Waals surface area contributed by atoms with Gasteiger partial charge in [-0.05, 0) is 32.3 Å². The molecule has 43 heavy (non-hydrogen) atoms. The van der Waals surface area contributed by atoms with Gasteiger partial charge in [0.25, 0.3) is 12.3 Å². The maximum Gasteiger partial charge on any atom is 0.276 e. The van der Waals surface area contributed by atoms with Crippen LogP contribution >= 0.6 is 11.6 Å². The van der Waals surface area contributed by atoms with Gasteiger partial charge in [0.05, 0.1) is 64.7 Å². The molecule has 0 bridgehead atoms. The van der Waals surface area contributed by atoms with Crippen LogP contribution in [0.1, 0.15) is 58.9 Å². The molecule has 1 saturated heterocycles. The Bertz CT molecular complexity index is 1770. The van der Waals surface area contributed by atoms with Crippen LogP contribution in [0.3, 0.4) is 0 Å². The number of hydrogen-bond donors (Lipinski definition) is 2. The van der Waals surface area contributed by atoms with Crippen molar-refractivity contribution < 1.29 is 27.9 Å². The Morgan fingerprint density at radius 2 is 2.00 bits per heavy atom. The van der Waals surface area contributed by atoms with E-state index in [1.54, 1.807) is 22.7 Å². The molecule has 1 aliphatic carbocycles. The molecule has 2 aliphatic rings. The van der Waals surface area contributed by atoms with Crippen LogP contribution in [-0.4, -0.2) is 53.2 Å². The number of aliphatic hydroxyl groups is 1. The van der Waals surface area contributed by atoms with Crippen LogP contribution in [0.4, 0.5) is 24.7 Å². The molecule has 2 fully saturated rings. The quantitative estimate of drug-likeness (QED) is 0.296. The molecule has 1 aliphatic heterocycles. The van der Waals surface area contributed by atoms with E-state index < -0.39 is 52.6 Å². The molecule has 6 rings (SSSR count). The second kappa shape index (κ2) is 11.0. The number of benzene rings is 1. The van der Waals surface area contributed by atoms with Gasteiger partial charge >= 0.3 is 0 Å². The molecular weight excluding hydrogens is 589 g/mol. The summed E-state index contributed by atoms with van der Waals surface area (Å²) in [4.78, 5) is 44.5. The van der Waals surface area contributed by atoms with Crippen LogP contribution in [0.2, 0.25) is 5.02 Å². The maximum atomic E-state index is 14.8. The van der Waals surface area contributed by atoms with E-state index in [1.807, 2.05) is 6.92 Å². The predicted octanol–water partition coefficient (Wildman–Crippen LogP) is 4.51. The van der Waals surface area contributed by atoms with E-state index in [-0.39, 0.29) is 28.9 Å². The second-order valence-electron chi connectivity index (χ2n) is 10.4. The molecule has 0 radical (unpaired) electrons. The molecule has 2 amide bonds. The monoisotopic (exact) mass is 612 g/mol. The number of amides is 2. The third-order valence-corrected chi connectivity index (χ3v) is 7.93. The fourth-order valence-corrected chi connectivity index (χ4v) is 5.36. The van der Waals surface area contributed by atoms with Crippen molar-refractivity contribution in [2.45, 2.75) is 39.3 Å². The van der Waals surface area contributed by atoms with Gasteiger partial charge in [0.1, 0.15) is 0 Å². The Labute approximate surface area is 247 Å². The van der Waals surface area contributed by atoms with Crippen LogP contribution in [-0.2, 0) is 11.4 Å². The van der Waals surface area contributed by atoms with E-state index >= 15 is 0 Å². The van der Waals surface area contributed by atoms with E-state index in [0.29, 0.717) is 29.7 Å². The molecule has 222 valence electrons. The first-order valence-electron chi connectivity index (χ1n) is 13.3. The number of carbonyl (C=O) groups is 2. The Kier molecular flexibility index (Phi) is 7.34. The molecule has 0 spiro atoms. The third kappa shape index (κ3) is 5.20. The third-order valence-electron chi connectivity index (χ3n) is 7.63. The lowest BCUT2D eigenvalue weighted by Gasteiger charge is -2.20. The van der Waals surface area contributed by atoms with Crippen molar-refractivity contribution in [2.24, 2.45) is 11.8 Å². The van der Waals surface area contributed by atoms with Crippen LogP contribution in [0.25, 0.3) is 11.3 Å². The summed E-state index contributed by atoms with van der Waals surface area (Å²) in [5, 5.41) is 16.2. The molecule has 2 N–H and O–H groups in total. The van der Waals surface area contributed by atoms with Gasteiger partial charge in [-0.25, -0.2) is 23.1 Å². The van der Waals surface area contributed by atoms with E-state index in [0.717, 1.165) is 24.8 Å². The first kappa shape index (κ1) is 28.7. The number of halogens is 4. The number of aryl methyl sites for hydroxylation is 1. The lowest BCUT2D eigenvalue weighted by Crippen LogP contribution is -2.30. The minimum Gasteiger partial charge on any atom is -0.390 e. The number of piperidine rings is 1. The fraction of sp³-hybridized carbons (Fsp3) is 0.321. The number of aromatic nitrogens is 6. The summed E-state index contributed by atoms with van der Waals surface area (Å²) in [6, 6.07) is 1.57. The van der Waals surface area contributed by atoms with Crippen molar-refractivity contribution >= 4 is 34.9 Å². The molecule has 4 heterocycles. The zero-order valence-corrected chi connectivity index (χ0v) is 23.6. The average molecular weight is 613 g/mol. The lowest BCUT2D eigenvalue weighted by atomic mass is 10.0. The van der Waals surface area contributed by atoms with Crippen LogP contribution in [0.5, 0.6) is 0 Å². The molecule has 15 heteroatoms. The van der Waals surface area contributed by atoms with Gasteiger partial charge in [0, 0.05) is 29.8 Å². The number of nitrogens with zero attached hydrogens (tertiary/aromatic N) is 7. The first-order chi connectivity index (χ1) is 20.6. The number of rotatable bonds is 8. The van der Waals surface area contributed by atoms with Crippen molar-refractivity contribution in [2.75, 3.05) is 16.8 Å². The number of hydrogen-bond acceptors (Lipinski definition) is 8. The normalized spacial score (nSPS) is 18.2. The predicted molar refractivity (Wildman–Crippen MR) is 148 cm³/mol. The van der Waals surface area contributed by atoms with Gasteiger partial charge in [-0.1, -0.05) is 17.7 Å². The van der Waals surface area contributed by atoms with Gasteiger partial charge in [-0.2, -0.15) is 5.10 Å². The Balaban J connectivity index is 1.22. The van der Waals surface area contributed by atoms with Crippen molar-refractivity contribution in [1.29, 1.82) is 0 Å². The summed E-state index contributed by atoms with van der Waals surface area (Å²) >= 11 is 5.82. The van der Waals surface area contributed by atoms with Gasteiger partial charge in [0.2, 0.25) is 5.91 Å². The standard InChI is InChI=1S/C28H24ClF3N8O3/c1-12-26(39-9-14-5-17(14)28(39)43)34-7-19(36-12)13(2)40-10-15(6-35-40)37-27(42)24-21(11-41)33-8-20(38-24)22-16(25(31)32)3-4-18(29)23(22)30/h3-4,6-8,10,13-14,17,25,41H,5,9,11H2,1-2H3,(H,37,42)/t13?,14-,17-/m0/s1. The van der Waals surface area contributed by atoms with Crippen molar-refractivity contribution in [1.82, 2.24) is 29.7 Å². The summed E-state index contributed by atoms with van der Waals surface area (Å²) in [5.41, 5.74) is -0.730. The van der Waals surface area contributed by atoms with Gasteiger partial charge in [0.15, 0.2) is 17.3 Å². The summed E-state index contributed by atoms with van der Waals surface area (Å²) in [5.74, 6) is -0.833. The SMILES string of the molecule is Cc1nc(C(C)n2cc(NC(=O)c3nc(-c4c(C(F)F)ccc(Cl)c4F)cnc3CO)cn2)cnc1N1C[C@@H]2C[C@@H]2C1=O. The average Bonchev–Trinajstić information content (AvgIpc) is 3.49. The van der Waals surface area contributed by atoms with E-state index in [2.05, 4.69) is 30.4 Å². The van der Waals surface area contributed by atoms with E-state index in [4.69, 9.17) is 11.6 Å². The Morgan fingerprint density at radius 1 is 1.21 bits per heavy atom. The van der Waals surface area contributed by atoms with Crippen LogP contribution in [0, 0.1) is 24.6 Å². The molecule has 1 aromatic carbocycles. The minimum absolute atomic E-state index is 0.0856. The summed E-state index contributed by atoms with van der Waals surface area (Å²) in [7, 11) is 0. The highest BCUT2D eigenvalue weighted by Gasteiger charge is 2.53. The smallest absolute Gasteiger partial charge is 0.276 e. The number of nitrogens with one attached hydrogen (secondary N) is 1. The largest absolute Gasteiger partial charge is 0.390 e. The van der Waals surface area contributed by atoms with Crippen molar-refractivity contribution in [3.8, 4) is 11.3 Å². The highest BCUT2D eigenvalue weighted by molar-refractivity contribution is 6.31. The second-order valence-corrected chi connectivity index (χ2v) is 10.8. The molecule has 3 aromatic heterocycles. The fourth-order valence-electron chi connectivity index (χ4n) is 5.21. The zero-order chi connectivity index (χ0) is 30.6. The molecule has 1 unspecified atom stereocenters. The highest BCUT2D eigenvalue weighted by Crippen LogP contribution is 2.47. The van der Waals surface area contributed by atoms with Crippen LogP contribution < -0.4 is 10.2 Å². The number of anilines is 2. The highest BCUT2D eigenvalue weighted by atomic mass is 35.5. The zero-order valence-electron chi connectivity index (χ0n) is 22.8. The van der Waals surface area contributed by atoms with Crippen LogP contribution in [0.15, 0.2) is 36.9 Å². The Hall–Kier alpha value is -4.43. The first-order valence-corrected chi connectivity index (χ1v) is 13.7.